The van der Waals surface area contributed by atoms with E-state index >= 15 is 0 Å². The van der Waals surface area contributed by atoms with E-state index in [1.807, 2.05) is 19.1 Å². The second-order valence-electron chi connectivity index (χ2n) is 8.09. The number of benzene rings is 2. The number of aliphatic hydroxyl groups excluding tert-OH is 1. The Bertz CT molecular complexity index is 1340. The molecule has 4 rings (SSSR count). The number of halogens is 1. The van der Waals surface area contributed by atoms with Gasteiger partial charge in [-0.3, -0.25) is 9.19 Å². The Labute approximate surface area is 205 Å². The fourth-order valence-electron chi connectivity index (χ4n) is 3.55. The predicted molar refractivity (Wildman–Crippen MR) is 131 cm³/mol. The van der Waals surface area contributed by atoms with Gasteiger partial charge in [0.25, 0.3) is 11.8 Å². The molecule has 0 saturated carbocycles. The molecule has 0 radical (unpaired) electrons. The van der Waals surface area contributed by atoms with Gasteiger partial charge in [0, 0.05) is 28.9 Å². The van der Waals surface area contributed by atoms with Crippen molar-refractivity contribution in [3.05, 3.63) is 65.7 Å². The second-order valence-corrected chi connectivity index (χ2v) is 9.96. The van der Waals surface area contributed by atoms with Crippen LogP contribution in [0.25, 0.3) is 34.3 Å². The molecule has 2 aromatic carbocycles. The Kier molecular flexibility index (Phi) is 7.74. The maximum Gasteiger partial charge on any atom is 0.268 e. The van der Waals surface area contributed by atoms with Crippen molar-refractivity contribution < 1.29 is 18.1 Å². The molecule has 0 saturated heterocycles. The summed E-state index contributed by atoms with van der Waals surface area (Å²) in [7, 11) is 0.580. The maximum absolute atomic E-state index is 14.6. The normalized spacial score (nSPS) is 13.1. The molecule has 0 aliphatic heterocycles. The van der Waals surface area contributed by atoms with E-state index in [4.69, 9.17) is 9.52 Å². The molecule has 0 fully saturated rings. The van der Waals surface area contributed by atoms with Crippen LogP contribution in [0.1, 0.15) is 24.6 Å². The van der Waals surface area contributed by atoms with E-state index in [1.54, 1.807) is 44.4 Å². The van der Waals surface area contributed by atoms with Crippen LogP contribution in [0.4, 0.5) is 4.39 Å². The highest BCUT2D eigenvalue weighted by Gasteiger charge is 2.19. The van der Waals surface area contributed by atoms with Gasteiger partial charge in [-0.25, -0.2) is 9.37 Å². The molecule has 0 bridgehead atoms. The third kappa shape index (κ3) is 5.50. The lowest BCUT2D eigenvalue weighted by Crippen LogP contribution is -2.12. The highest BCUT2D eigenvalue weighted by Crippen LogP contribution is 2.28. The van der Waals surface area contributed by atoms with Gasteiger partial charge in [-0.15, -0.1) is 10.2 Å². The Morgan fingerprint density at radius 2 is 1.89 bits per heavy atom. The molecule has 2 atom stereocenters. The van der Waals surface area contributed by atoms with E-state index in [0.29, 0.717) is 34.9 Å². The molecule has 8 nitrogen and oxygen atoms in total. The predicted octanol–water partition coefficient (Wildman–Crippen LogP) is 3.91. The minimum absolute atomic E-state index is 0.00159. The van der Waals surface area contributed by atoms with Crippen molar-refractivity contribution in [1.82, 2.24) is 25.5 Å². The van der Waals surface area contributed by atoms with Gasteiger partial charge in [-0.05, 0) is 50.2 Å². The fourth-order valence-corrected chi connectivity index (χ4v) is 4.73. The van der Waals surface area contributed by atoms with Crippen molar-refractivity contribution in [1.29, 1.82) is 0 Å². The lowest BCUT2D eigenvalue weighted by Gasteiger charge is -2.10. The van der Waals surface area contributed by atoms with Crippen LogP contribution < -0.4 is 5.32 Å². The number of nitrogens with one attached hydrogen (secondary N) is 1. The lowest BCUT2D eigenvalue weighted by molar-refractivity contribution is 0.288. The van der Waals surface area contributed by atoms with E-state index in [-0.39, 0.29) is 29.2 Å². The maximum atomic E-state index is 14.6. The van der Waals surface area contributed by atoms with Crippen molar-refractivity contribution in [3.63, 3.8) is 0 Å². The van der Waals surface area contributed by atoms with Gasteiger partial charge in [0.1, 0.15) is 11.5 Å². The molecule has 0 spiro atoms. The van der Waals surface area contributed by atoms with Crippen molar-refractivity contribution >= 4 is 10.8 Å². The second kappa shape index (κ2) is 10.9. The van der Waals surface area contributed by atoms with Crippen LogP contribution in [0.15, 0.2) is 58.0 Å². The standard InChI is InChI=1S/C25H26FN5O3S/c1-15(10-11-32)35(33)19-7-5-18(6-8-19)22-14-28-16(2)23(29-22)25-31-30-24(34-25)20-9-4-17(13-27-3)12-21(20)26/h4-9,12,14-15,27,32H,10-11,13H2,1-3H3. The third-order valence-electron chi connectivity index (χ3n) is 5.51. The first-order valence-electron chi connectivity index (χ1n) is 11.1. The van der Waals surface area contributed by atoms with E-state index in [0.717, 1.165) is 11.1 Å². The summed E-state index contributed by atoms with van der Waals surface area (Å²) in [6.45, 7) is 4.17. The van der Waals surface area contributed by atoms with Gasteiger partial charge >= 0.3 is 0 Å². The van der Waals surface area contributed by atoms with Gasteiger partial charge in [-0.2, -0.15) is 0 Å². The number of aliphatic hydroxyl groups is 1. The summed E-state index contributed by atoms with van der Waals surface area (Å²) in [5.74, 6) is -0.250. The molecule has 0 amide bonds. The van der Waals surface area contributed by atoms with E-state index in [2.05, 4.69) is 25.5 Å². The van der Waals surface area contributed by atoms with E-state index in [9.17, 15) is 8.60 Å². The summed E-state index contributed by atoms with van der Waals surface area (Å²) in [5, 5.41) is 20.0. The van der Waals surface area contributed by atoms with Crippen molar-refractivity contribution in [3.8, 4) is 34.3 Å². The molecule has 182 valence electrons. The average Bonchev–Trinajstić information content (AvgIpc) is 3.34. The minimum atomic E-state index is -1.21. The van der Waals surface area contributed by atoms with Crippen LogP contribution in [0, 0.1) is 12.7 Å². The van der Waals surface area contributed by atoms with Crippen molar-refractivity contribution in [2.45, 2.75) is 37.0 Å². The minimum Gasteiger partial charge on any atom is -0.414 e. The highest BCUT2D eigenvalue weighted by atomic mass is 32.2. The first-order valence-corrected chi connectivity index (χ1v) is 12.3. The molecule has 2 unspecified atom stereocenters. The van der Waals surface area contributed by atoms with E-state index < -0.39 is 16.6 Å². The van der Waals surface area contributed by atoms with Crippen LogP contribution in [-0.2, 0) is 17.3 Å². The molecule has 2 N–H and O–H groups in total. The average molecular weight is 496 g/mol. The quantitative estimate of drug-likeness (QED) is 0.359. The zero-order valence-electron chi connectivity index (χ0n) is 19.7. The zero-order valence-corrected chi connectivity index (χ0v) is 20.5. The fraction of sp³-hybridized carbons (Fsp3) is 0.280. The van der Waals surface area contributed by atoms with Crippen molar-refractivity contribution in [2.24, 2.45) is 0 Å². The van der Waals surface area contributed by atoms with Gasteiger partial charge < -0.3 is 14.8 Å². The molecule has 4 aromatic rings. The smallest absolute Gasteiger partial charge is 0.268 e. The molecular weight excluding hydrogens is 469 g/mol. The molecule has 35 heavy (non-hydrogen) atoms. The highest BCUT2D eigenvalue weighted by molar-refractivity contribution is 7.85. The first-order chi connectivity index (χ1) is 16.9. The van der Waals surface area contributed by atoms with Crippen LogP contribution >= 0.6 is 0 Å². The topological polar surface area (TPSA) is 114 Å². The first kappa shape index (κ1) is 24.8. The molecule has 0 aliphatic carbocycles. The van der Waals surface area contributed by atoms with Gasteiger partial charge in [0.15, 0.2) is 0 Å². The largest absolute Gasteiger partial charge is 0.414 e. The Morgan fingerprint density at radius 1 is 1.14 bits per heavy atom. The monoisotopic (exact) mass is 495 g/mol. The summed E-state index contributed by atoms with van der Waals surface area (Å²) in [6, 6.07) is 12.1. The summed E-state index contributed by atoms with van der Waals surface area (Å²) in [6.07, 6.45) is 2.11. The zero-order chi connectivity index (χ0) is 24.9. The summed E-state index contributed by atoms with van der Waals surface area (Å²) < 4.78 is 32.9. The Hall–Kier alpha value is -3.34. The summed E-state index contributed by atoms with van der Waals surface area (Å²) in [4.78, 5) is 9.74. The lowest BCUT2D eigenvalue weighted by atomic mass is 10.1. The van der Waals surface area contributed by atoms with Crippen LogP contribution in [-0.4, -0.2) is 48.4 Å². The molecule has 2 heterocycles. The molecule has 0 aliphatic rings. The number of aryl methyl sites for hydroxylation is 1. The Morgan fingerprint density at radius 3 is 2.57 bits per heavy atom. The number of aromatic nitrogens is 4. The third-order valence-corrected chi connectivity index (χ3v) is 7.21. The van der Waals surface area contributed by atoms with Gasteiger partial charge in [0.2, 0.25) is 0 Å². The molecule has 2 aromatic heterocycles. The van der Waals surface area contributed by atoms with Crippen LogP contribution in [0.3, 0.4) is 0 Å². The van der Waals surface area contributed by atoms with E-state index in [1.165, 1.54) is 6.07 Å². The van der Waals surface area contributed by atoms with Crippen molar-refractivity contribution in [2.75, 3.05) is 13.7 Å². The van der Waals surface area contributed by atoms with Gasteiger partial charge in [0.05, 0.1) is 33.9 Å². The van der Waals surface area contributed by atoms with Crippen LogP contribution in [0.2, 0.25) is 0 Å². The number of rotatable bonds is 9. The number of hydrogen-bond acceptors (Lipinski definition) is 8. The Balaban J connectivity index is 1.60. The molecular formula is C25H26FN5O3S. The van der Waals surface area contributed by atoms with Gasteiger partial charge in [-0.1, -0.05) is 25.1 Å². The number of nitrogens with zero attached hydrogens (tertiary/aromatic N) is 4. The molecule has 10 heteroatoms. The number of hydrogen-bond donors (Lipinski definition) is 2. The summed E-state index contributed by atoms with van der Waals surface area (Å²) >= 11 is 0. The SMILES string of the molecule is CNCc1ccc(-c2nnc(-c3nc(-c4ccc(S(=O)C(C)CCO)cc4)cnc3C)o2)c(F)c1. The van der Waals surface area contributed by atoms with Crippen LogP contribution in [0.5, 0.6) is 0 Å². The summed E-state index contributed by atoms with van der Waals surface area (Å²) in [5.41, 5.74) is 3.36.